The summed E-state index contributed by atoms with van der Waals surface area (Å²) in [6, 6.07) is 4.88. The van der Waals surface area contributed by atoms with Crippen LogP contribution >= 0.6 is 0 Å². The Kier molecular flexibility index (Phi) is 5.65. The monoisotopic (exact) mass is 436 g/mol. The first kappa shape index (κ1) is 21.2. The van der Waals surface area contributed by atoms with E-state index in [1.807, 2.05) is 6.07 Å². The van der Waals surface area contributed by atoms with Gasteiger partial charge in [-0.25, -0.2) is 15.2 Å². The summed E-state index contributed by atoms with van der Waals surface area (Å²) in [4.78, 5) is 7.28. The number of alkyl halides is 3. The Bertz CT molecular complexity index is 1000. The number of nitrogens with one attached hydrogen (secondary N) is 2. The summed E-state index contributed by atoms with van der Waals surface area (Å²) in [5, 5.41) is 4.45. The number of aromatic nitrogens is 1. The molecule has 4 rings (SSSR count). The van der Waals surface area contributed by atoms with Crippen molar-refractivity contribution in [3.8, 4) is 0 Å². The molecular weight excluding hydrogens is 412 g/mol. The van der Waals surface area contributed by atoms with Crippen molar-refractivity contribution in [2.45, 2.75) is 31.9 Å². The minimum atomic E-state index is -4.72. The van der Waals surface area contributed by atoms with Crippen molar-refractivity contribution in [1.29, 1.82) is 0 Å². The number of hydrogen-bond acceptors (Lipinski definition) is 5. The zero-order chi connectivity index (χ0) is 22.2. The standard InChI is InChI=1S/C21H24F4N6/c22-17-6-5-14(9-16(17)21(23,24)25)29-10-12-1-3-13(4-2-12)18(26)19-15-7-8-28-20(15)30-11-31(19)27/h5-9,11-13,28-29H,1-4,10,26-27H2/b19-18-. The van der Waals surface area contributed by atoms with Gasteiger partial charge in [0.05, 0.1) is 11.3 Å². The number of hydrogen-bond donors (Lipinski definition) is 4. The van der Waals surface area contributed by atoms with Crippen molar-refractivity contribution >= 4 is 23.5 Å². The third-order valence-electron chi connectivity index (χ3n) is 5.98. The number of aliphatic imine (C=N–C) groups is 1. The lowest BCUT2D eigenvalue weighted by Gasteiger charge is -2.32. The summed E-state index contributed by atoms with van der Waals surface area (Å²) in [5.74, 6) is 5.97. The maximum Gasteiger partial charge on any atom is 0.419 e. The van der Waals surface area contributed by atoms with Gasteiger partial charge < -0.3 is 16.0 Å². The van der Waals surface area contributed by atoms with Crippen molar-refractivity contribution in [2.24, 2.45) is 28.4 Å². The third-order valence-corrected chi connectivity index (χ3v) is 5.98. The first-order valence-corrected chi connectivity index (χ1v) is 10.1. The van der Waals surface area contributed by atoms with E-state index >= 15 is 0 Å². The first-order valence-electron chi connectivity index (χ1n) is 10.1. The van der Waals surface area contributed by atoms with Gasteiger partial charge >= 0.3 is 6.18 Å². The van der Waals surface area contributed by atoms with E-state index in [9.17, 15) is 17.6 Å². The van der Waals surface area contributed by atoms with E-state index in [2.05, 4.69) is 15.3 Å². The second-order valence-corrected chi connectivity index (χ2v) is 7.99. The van der Waals surface area contributed by atoms with Gasteiger partial charge in [0.25, 0.3) is 0 Å². The predicted molar refractivity (Wildman–Crippen MR) is 111 cm³/mol. The minimum Gasteiger partial charge on any atom is -0.400 e. The lowest BCUT2D eigenvalue weighted by Crippen LogP contribution is -2.34. The van der Waals surface area contributed by atoms with Crippen LogP contribution in [0.5, 0.6) is 0 Å². The Hall–Kier alpha value is -3.01. The van der Waals surface area contributed by atoms with Gasteiger partial charge in [-0.3, -0.25) is 5.01 Å². The fourth-order valence-corrected chi connectivity index (χ4v) is 4.27. The number of hydrazine groups is 1. The molecular formula is C21H24F4N6. The van der Waals surface area contributed by atoms with Crippen molar-refractivity contribution in [3.05, 3.63) is 53.1 Å². The number of benzene rings is 1. The number of fused-ring (bicyclic) bond motifs is 1. The van der Waals surface area contributed by atoms with E-state index in [0.717, 1.165) is 54.9 Å². The van der Waals surface area contributed by atoms with Gasteiger partial charge in [-0.1, -0.05) is 0 Å². The van der Waals surface area contributed by atoms with Gasteiger partial charge in [-0.2, -0.15) is 13.2 Å². The molecule has 0 radical (unpaired) electrons. The molecule has 6 N–H and O–H groups in total. The van der Waals surface area contributed by atoms with Crippen molar-refractivity contribution < 1.29 is 17.6 Å². The van der Waals surface area contributed by atoms with E-state index in [4.69, 9.17) is 11.6 Å². The predicted octanol–water partition coefficient (Wildman–Crippen LogP) is 4.57. The van der Waals surface area contributed by atoms with Gasteiger partial charge in [0, 0.05) is 35.6 Å². The maximum absolute atomic E-state index is 13.4. The van der Waals surface area contributed by atoms with E-state index in [0.29, 0.717) is 12.2 Å². The number of aromatic amines is 1. The Labute approximate surface area is 177 Å². The maximum atomic E-state index is 13.4. The number of anilines is 1. The molecule has 10 heteroatoms. The smallest absolute Gasteiger partial charge is 0.400 e. The summed E-state index contributed by atoms with van der Waals surface area (Å²) in [5.41, 5.74) is 7.83. The molecule has 0 bridgehead atoms. The highest BCUT2D eigenvalue weighted by atomic mass is 19.4. The van der Waals surface area contributed by atoms with Crippen LogP contribution in [0.4, 0.5) is 29.1 Å². The molecule has 6 nitrogen and oxygen atoms in total. The molecule has 31 heavy (non-hydrogen) atoms. The summed E-state index contributed by atoms with van der Waals surface area (Å²) in [6.45, 7) is 0.518. The van der Waals surface area contributed by atoms with Crippen molar-refractivity contribution in [2.75, 3.05) is 11.9 Å². The molecule has 2 heterocycles. The van der Waals surface area contributed by atoms with E-state index in [1.54, 1.807) is 6.20 Å². The van der Waals surface area contributed by atoms with Crippen molar-refractivity contribution in [1.82, 2.24) is 9.99 Å². The number of rotatable bonds is 4. The lowest BCUT2D eigenvalue weighted by atomic mass is 9.79. The van der Waals surface area contributed by atoms with E-state index in [1.165, 1.54) is 17.4 Å². The molecule has 0 saturated heterocycles. The Morgan fingerprint density at radius 1 is 1.19 bits per heavy atom. The number of allylic oxidation sites excluding steroid dienone is 1. The zero-order valence-electron chi connectivity index (χ0n) is 16.7. The third kappa shape index (κ3) is 4.39. The molecule has 1 aromatic carbocycles. The highest BCUT2D eigenvalue weighted by molar-refractivity contribution is 5.86. The molecule has 1 aromatic heterocycles. The zero-order valence-corrected chi connectivity index (χ0v) is 16.7. The molecule has 0 unspecified atom stereocenters. The quantitative estimate of drug-likeness (QED) is 0.417. The molecule has 1 aliphatic heterocycles. The molecule has 0 spiro atoms. The number of H-pyrrole nitrogens is 1. The van der Waals surface area contributed by atoms with Crippen LogP contribution in [0.3, 0.4) is 0 Å². The van der Waals surface area contributed by atoms with Gasteiger partial charge in [-0.15, -0.1) is 0 Å². The highest BCUT2D eigenvalue weighted by Crippen LogP contribution is 2.38. The summed E-state index contributed by atoms with van der Waals surface area (Å²) in [7, 11) is 0. The van der Waals surface area contributed by atoms with Crippen molar-refractivity contribution in [3.63, 3.8) is 0 Å². The van der Waals surface area contributed by atoms with Gasteiger partial charge in [0.2, 0.25) is 0 Å². The average molecular weight is 436 g/mol. The van der Waals surface area contributed by atoms with Crippen LogP contribution in [0.2, 0.25) is 0 Å². The number of nitrogens with zero attached hydrogens (tertiary/aromatic N) is 2. The molecule has 2 aromatic rings. The van der Waals surface area contributed by atoms with Crippen LogP contribution in [0, 0.1) is 17.7 Å². The fourth-order valence-electron chi connectivity index (χ4n) is 4.27. The van der Waals surface area contributed by atoms with Crippen LogP contribution in [0.25, 0.3) is 5.70 Å². The summed E-state index contributed by atoms with van der Waals surface area (Å²) in [6.07, 6.45) is 2.04. The Morgan fingerprint density at radius 3 is 2.65 bits per heavy atom. The lowest BCUT2D eigenvalue weighted by molar-refractivity contribution is -0.139. The minimum absolute atomic E-state index is 0.161. The highest BCUT2D eigenvalue weighted by Gasteiger charge is 2.34. The summed E-state index contributed by atoms with van der Waals surface area (Å²) >= 11 is 0. The number of nitrogens with two attached hydrogens (primary N) is 2. The van der Waals surface area contributed by atoms with E-state index in [-0.39, 0.29) is 17.5 Å². The SMILES string of the molecule is N/C(=C1/c2cc[nH]c2N=CN1N)C1CCC(CNc2ccc(F)c(C(F)(F)F)c2)CC1. The van der Waals surface area contributed by atoms with Crippen LogP contribution in [0.1, 0.15) is 36.8 Å². The molecule has 1 fully saturated rings. The number of halogens is 4. The molecule has 1 saturated carbocycles. The second-order valence-electron chi connectivity index (χ2n) is 7.99. The van der Waals surface area contributed by atoms with Gasteiger partial charge in [0.1, 0.15) is 18.0 Å². The molecule has 166 valence electrons. The van der Waals surface area contributed by atoms with Crippen LogP contribution in [0.15, 0.2) is 41.2 Å². The molecule has 0 atom stereocenters. The average Bonchev–Trinajstić information content (AvgIpc) is 3.21. The van der Waals surface area contributed by atoms with Gasteiger partial charge in [0.15, 0.2) is 0 Å². The first-order chi connectivity index (χ1) is 14.7. The summed E-state index contributed by atoms with van der Waals surface area (Å²) < 4.78 is 52.1. The van der Waals surface area contributed by atoms with E-state index < -0.39 is 17.6 Å². The molecule has 2 aliphatic rings. The normalized spacial score (nSPS) is 22.9. The Morgan fingerprint density at radius 2 is 1.94 bits per heavy atom. The molecule has 1 aliphatic carbocycles. The van der Waals surface area contributed by atoms with Crippen LogP contribution in [-0.2, 0) is 6.18 Å². The molecule has 0 amide bonds. The Balaban J connectivity index is 1.37. The van der Waals surface area contributed by atoms with Crippen LogP contribution in [-0.4, -0.2) is 22.9 Å². The van der Waals surface area contributed by atoms with Crippen LogP contribution < -0.4 is 16.9 Å². The van der Waals surface area contributed by atoms with Gasteiger partial charge in [-0.05, 0) is 55.9 Å². The fraction of sp³-hybridized carbons (Fsp3) is 0.381. The largest absolute Gasteiger partial charge is 0.419 e. The topological polar surface area (TPSA) is 95.5 Å². The second kappa shape index (κ2) is 8.26.